The normalized spacial score (nSPS) is 12.1. The largest absolute Gasteiger partial charge is 0.343 e. The van der Waals surface area contributed by atoms with Crippen molar-refractivity contribution in [2.45, 2.75) is 26.4 Å². The molecule has 3 rings (SSSR count). The standard InChI is InChI=1S/C14H14ClN7O2/c1-8(14-17-9(2)20-24-14)16-12(23)7-22-19-13(18-21-22)10-3-5-11(15)6-4-10/h3-6,8H,7H2,1-2H3,(H,16,23)/t8-/m1/s1. The summed E-state index contributed by atoms with van der Waals surface area (Å²) < 4.78 is 5.01. The van der Waals surface area contributed by atoms with Crippen LogP contribution in [0.3, 0.4) is 0 Å². The van der Waals surface area contributed by atoms with Gasteiger partial charge in [-0.3, -0.25) is 4.79 Å². The monoisotopic (exact) mass is 347 g/mol. The Hall–Kier alpha value is -2.81. The molecule has 0 saturated carbocycles. The van der Waals surface area contributed by atoms with E-state index in [0.717, 1.165) is 5.56 Å². The maximum absolute atomic E-state index is 12.0. The van der Waals surface area contributed by atoms with Crippen LogP contribution in [0.25, 0.3) is 11.4 Å². The van der Waals surface area contributed by atoms with Crippen molar-refractivity contribution in [2.24, 2.45) is 0 Å². The van der Waals surface area contributed by atoms with Crippen molar-refractivity contribution in [3.63, 3.8) is 0 Å². The van der Waals surface area contributed by atoms with Crippen molar-refractivity contribution >= 4 is 17.5 Å². The molecule has 0 aliphatic rings. The van der Waals surface area contributed by atoms with Crippen LogP contribution >= 0.6 is 11.6 Å². The Balaban J connectivity index is 1.62. The van der Waals surface area contributed by atoms with E-state index in [1.165, 1.54) is 4.80 Å². The highest BCUT2D eigenvalue weighted by Crippen LogP contribution is 2.17. The first-order valence-electron chi connectivity index (χ1n) is 7.14. The zero-order valence-electron chi connectivity index (χ0n) is 13.0. The lowest BCUT2D eigenvalue weighted by molar-refractivity contribution is -0.122. The number of nitrogens with zero attached hydrogens (tertiary/aromatic N) is 6. The highest BCUT2D eigenvalue weighted by molar-refractivity contribution is 6.30. The number of aromatic nitrogens is 6. The highest BCUT2D eigenvalue weighted by Gasteiger charge is 2.16. The molecule has 0 aliphatic carbocycles. The number of carbonyl (C=O) groups is 1. The van der Waals surface area contributed by atoms with Crippen molar-refractivity contribution in [1.29, 1.82) is 0 Å². The van der Waals surface area contributed by atoms with E-state index >= 15 is 0 Å². The minimum Gasteiger partial charge on any atom is -0.343 e. The third-order valence-electron chi connectivity index (χ3n) is 3.13. The minimum absolute atomic E-state index is 0.0714. The van der Waals surface area contributed by atoms with E-state index in [0.29, 0.717) is 22.6 Å². The smallest absolute Gasteiger partial charge is 0.248 e. The maximum atomic E-state index is 12.0. The molecule has 0 aliphatic heterocycles. The van der Waals surface area contributed by atoms with Gasteiger partial charge in [-0.25, -0.2) is 0 Å². The van der Waals surface area contributed by atoms with Crippen molar-refractivity contribution < 1.29 is 9.32 Å². The van der Waals surface area contributed by atoms with Crippen LogP contribution in [0.15, 0.2) is 28.8 Å². The van der Waals surface area contributed by atoms with Gasteiger partial charge in [0.25, 0.3) is 0 Å². The first kappa shape index (κ1) is 16.1. The molecule has 0 fully saturated rings. The molecule has 1 amide bonds. The number of rotatable bonds is 5. The molecule has 1 atom stereocenters. The molecule has 1 aromatic carbocycles. The first-order chi connectivity index (χ1) is 11.5. The summed E-state index contributed by atoms with van der Waals surface area (Å²) >= 11 is 5.84. The Labute approximate surface area is 142 Å². The van der Waals surface area contributed by atoms with Crippen LogP contribution in [0.1, 0.15) is 24.7 Å². The number of amides is 1. The SMILES string of the molecule is Cc1noc([C@@H](C)NC(=O)Cn2nnc(-c3ccc(Cl)cc3)n2)n1. The van der Waals surface area contributed by atoms with Crippen LogP contribution in [-0.2, 0) is 11.3 Å². The van der Waals surface area contributed by atoms with Gasteiger partial charge in [0.1, 0.15) is 12.6 Å². The lowest BCUT2D eigenvalue weighted by Gasteiger charge is -2.08. The van der Waals surface area contributed by atoms with E-state index < -0.39 is 6.04 Å². The fourth-order valence-electron chi connectivity index (χ4n) is 1.99. The zero-order chi connectivity index (χ0) is 17.1. The molecule has 0 bridgehead atoms. The second kappa shape index (κ2) is 6.75. The van der Waals surface area contributed by atoms with Crippen LogP contribution in [0.5, 0.6) is 0 Å². The van der Waals surface area contributed by atoms with E-state index in [4.69, 9.17) is 16.1 Å². The Morgan fingerprint density at radius 1 is 1.38 bits per heavy atom. The van der Waals surface area contributed by atoms with Crippen LogP contribution in [0.4, 0.5) is 0 Å². The molecular formula is C14H14ClN7O2. The van der Waals surface area contributed by atoms with E-state index in [1.54, 1.807) is 38.1 Å². The van der Waals surface area contributed by atoms with E-state index in [9.17, 15) is 4.79 Å². The van der Waals surface area contributed by atoms with Crippen molar-refractivity contribution in [1.82, 2.24) is 35.7 Å². The predicted octanol–water partition coefficient (Wildman–Crippen LogP) is 1.56. The van der Waals surface area contributed by atoms with Gasteiger partial charge in [0.2, 0.25) is 17.6 Å². The topological polar surface area (TPSA) is 112 Å². The van der Waals surface area contributed by atoms with Crippen molar-refractivity contribution in [2.75, 3.05) is 0 Å². The molecule has 0 unspecified atom stereocenters. The van der Waals surface area contributed by atoms with E-state index in [2.05, 4.69) is 30.9 Å². The highest BCUT2D eigenvalue weighted by atomic mass is 35.5. The summed E-state index contributed by atoms with van der Waals surface area (Å²) in [6.45, 7) is 3.38. The molecule has 0 saturated heterocycles. The van der Waals surface area contributed by atoms with Gasteiger partial charge in [-0.1, -0.05) is 16.8 Å². The lowest BCUT2D eigenvalue weighted by atomic mass is 10.2. The summed E-state index contributed by atoms with van der Waals surface area (Å²) in [6.07, 6.45) is 0. The van der Waals surface area contributed by atoms with Crippen LogP contribution < -0.4 is 5.32 Å². The third kappa shape index (κ3) is 3.74. The molecule has 0 spiro atoms. The molecule has 1 N–H and O–H groups in total. The molecular weight excluding hydrogens is 334 g/mol. The van der Waals surface area contributed by atoms with Gasteiger partial charge >= 0.3 is 0 Å². The van der Waals surface area contributed by atoms with Gasteiger partial charge in [-0.2, -0.15) is 9.78 Å². The Kier molecular flexibility index (Phi) is 4.52. The first-order valence-corrected chi connectivity index (χ1v) is 7.52. The number of halogens is 1. The minimum atomic E-state index is -0.405. The number of aryl methyl sites for hydroxylation is 1. The molecule has 24 heavy (non-hydrogen) atoms. The predicted molar refractivity (Wildman–Crippen MR) is 83.9 cm³/mol. The molecule has 0 radical (unpaired) electrons. The van der Waals surface area contributed by atoms with Crippen LogP contribution in [0, 0.1) is 6.92 Å². The van der Waals surface area contributed by atoms with Gasteiger partial charge in [0.15, 0.2) is 5.82 Å². The number of benzene rings is 1. The lowest BCUT2D eigenvalue weighted by Crippen LogP contribution is -2.31. The zero-order valence-corrected chi connectivity index (χ0v) is 13.7. The number of hydrogen-bond donors (Lipinski definition) is 1. The summed E-state index contributed by atoms with van der Waals surface area (Å²) in [4.78, 5) is 17.3. The van der Waals surface area contributed by atoms with Crippen molar-refractivity contribution in [3.8, 4) is 11.4 Å². The van der Waals surface area contributed by atoms with Gasteiger partial charge in [-0.15, -0.1) is 10.2 Å². The molecule has 3 aromatic rings. The Morgan fingerprint density at radius 3 is 2.79 bits per heavy atom. The van der Waals surface area contributed by atoms with Crippen LogP contribution in [0.2, 0.25) is 5.02 Å². The van der Waals surface area contributed by atoms with Gasteiger partial charge in [-0.05, 0) is 43.3 Å². The molecule has 10 heteroatoms. The molecule has 9 nitrogen and oxygen atoms in total. The second-order valence-electron chi connectivity index (χ2n) is 5.12. The fraction of sp³-hybridized carbons (Fsp3) is 0.286. The number of tetrazole rings is 1. The maximum Gasteiger partial charge on any atom is 0.248 e. The van der Waals surface area contributed by atoms with E-state index in [-0.39, 0.29) is 12.5 Å². The molecule has 2 heterocycles. The summed E-state index contributed by atoms with van der Waals surface area (Å²) in [5.74, 6) is 0.976. The van der Waals surface area contributed by atoms with Gasteiger partial charge in [0.05, 0.1) is 0 Å². The van der Waals surface area contributed by atoms with Gasteiger partial charge in [0, 0.05) is 10.6 Å². The number of nitrogens with one attached hydrogen (secondary N) is 1. The number of hydrogen-bond acceptors (Lipinski definition) is 7. The van der Waals surface area contributed by atoms with Crippen LogP contribution in [-0.4, -0.2) is 36.3 Å². The fourth-order valence-corrected chi connectivity index (χ4v) is 2.12. The average molecular weight is 348 g/mol. The Morgan fingerprint density at radius 2 is 2.12 bits per heavy atom. The summed E-state index contributed by atoms with van der Waals surface area (Å²) in [5, 5.41) is 19.0. The summed E-state index contributed by atoms with van der Waals surface area (Å²) in [7, 11) is 0. The van der Waals surface area contributed by atoms with Crippen molar-refractivity contribution in [3.05, 3.63) is 41.0 Å². The third-order valence-corrected chi connectivity index (χ3v) is 3.38. The quantitative estimate of drug-likeness (QED) is 0.745. The average Bonchev–Trinajstić information content (AvgIpc) is 3.17. The summed E-state index contributed by atoms with van der Waals surface area (Å²) in [6, 6.07) is 6.63. The van der Waals surface area contributed by atoms with Gasteiger partial charge < -0.3 is 9.84 Å². The molecule has 2 aromatic heterocycles. The van der Waals surface area contributed by atoms with E-state index in [1.807, 2.05) is 0 Å². The summed E-state index contributed by atoms with van der Waals surface area (Å²) in [5.41, 5.74) is 0.765. The second-order valence-corrected chi connectivity index (χ2v) is 5.56. The number of carbonyl (C=O) groups excluding carboxylic acids is 1. The Bertz CT molecular complexity index is 843. The molecule has 124 valence electrons.